The fourth-order valence-electron chi connectivity index (χ4n) is 0.613. The van der Waals surface area contributed by atoms with Gasteiger partial charge in [-0.2, -0.15) is 8.42 Å². The van der Waals surface area contributed by atoms with Crippen molar-refractivity contribution in [1.82, 2.24) is 4.72 Å². The number of amides is 1. The fourth-order valence-corrected chi connectivity index (χ4v) is 1.35. The van der Waals surface area contributed by atoms with Crippen LogP contribution in [0, 0.1) is 0 Å². The third kappa shape index (κ3) is 10.1. The van der Waals surface area contributed by atoms with E-state index in [0.29, 0.717) is 0 Å². The molecule has 1 heterocycles. The smallest absolute Gasteiger partial charge is 1.00 e. The molecule has 0 bridgehead atoms. The first-order chi connectivity index (χ1) is 7.30. The Bertz CT molecular complexity index is 368. The Hall–Kier alpha value is 0.476. The van der Waals surface area contributed by atoms with E-state index in [2.05, 4.69) is 4.18 Å². The Balaban J connectivity index is -0.000000250. The van der Waals surface area contributed by atoms with Crippen LogP contribution in [0.1, 0.15) is 8.35 Å². The van der Waals surface area contributed by atoms with E-state index in [9.17, 15) is 13.2 Å². The van der Waals surface area contributed by atoms with Crippen molar-refractivity contribution in [2.45, 2.75) is 13.0 Å². The Labute approximate surface area is 143 Å². The zero-order chi connectivity index (χ0) is 12.8. The van der Waals surface area contributed by atoms with E-state index in [1.54, 1.807) is 4.72 Å². The minimum Gasteiger partial charge on any atom is -1.00 e. The van der Waals surface area contributed by atoms with Gasteiger partial charge in [0.2, 0.25) is 0 Å². The van der Waals surface area contributed by atoms with Crippen molar-refractivity contribution < 1.29 is 85.5 Å². The number of carbonyl (C=O) groups is 1. The first-order valence-corrected chi connectivity index (χ1v) is 5.56. The molecule has 0 fully saturated rings. The zero-order valence-corrected chi connectivity index (χ0v) is 13.4. The molecule has 0 atom stereocenters. The van der Waals surface area contributed by atoms with Gasteiger partial charge in [-0.05, 0) is 6.92 Å². The van der Waals surface area contributed by atoms with Crippen molar-refractivity contribution in [2.75, 3.05) is 13.2 Å². The normalized spacial score (nSPS) is 16.8. The largest absolute Gasteiger partial charge is 1.00 e. The van der Waals surface area contributed by atoms with Gasteiger partial charge in [0.15, 0.2) is 0 Å². The number of hydrogen-bond acceptors (Lipinski definition) is 7. The molecule has 0 unspecified atom stereocenters. The number of aliphatic hydroxyl groups excluding tert-OH is 3. The second kappa shape index (κ2) is 9.41. The van der Waals surface area contributed by atoms with Gasteiger partial charge in [-0.15, -0.1) is 0 Å². The van der Waals surface area contributed by atoms with E-state index in [-0.39, 0.29) is 71.8 Å². The molecule has 10 heteroatoms. The van der Waals surface area contributed by atoms with E-state index >= 15 is 0 Å². The Morgan fingerprint density at radius 1 is 1.47 bits per heavy atom. The van der Waals surface area contributed by atoms with Crippen molar-refractivity contribution in [3.05, 3.63) is 11.8 Å². The van der Waals surface area contributed by atoms with Gasteiger partial charge in [-0.3, -0.25) is 4.79 Å². The van der Waals surface area contributed by atoms with E-state index in [0.717, 1.165) is 6.08 Å². The van der Waals surface area contributed by atoms with E-state index < -0.39 is 22.3 Å². The van der Waals surface area contributed by atoms with Gasteiger partial charge in [0, 0.05) is 6.08 Å². The summed E-state index contributed by atoms with van der Waals surface area (Å²) in [6.45, 7) is 0.656. The Morgan fingerprint density at radius 2 is 1.94 bits per heavy atom. The molecule has 0 aromatic rings. The molecule has 0 aliphatic carbocycles. The molecular formula is C7H14KNO7S. The van der Waals surface area contributed by atoms with Gasteiger partial charge in [-0.25, -0.2) is 4.72 Å². The van der Waals surface area contributed by atoms with Crippen LogP contribution in [0.25, 0.3) is 0 Å². The van der Waals surface area contributed by atoms with Crippen LogP contribution in [0.2, 0.25) is 0 Å². The van der Waals surface area contributed by atoms with Crippen LogP contribution in [-0.4, -0.2) is 49.0 Å². The summed E-state index contributed by atoms with van der Waals surface area (Å²) in [6, 6.07) is 0. The summed E-state index contributed by atoms with van der Waals surface area (Å²) in [7, 11) is -3.85. The summed E-state index contributed by atoms with van der Waals surface area (Å²) < 4.78 is 26.8. The standard InChI is InChI=1S/C4H5NO4S.C3H8O3.K.H/c1-3-2-4(6)5-10(7,8)9-3;4-1-3(6)2-5;;/h2H,1H3,(H,5,6);3-6H,1-2H2;;/q;;+1;-1. The molecule has 0 radical (unpaired) electrons. The van der Waals surface area contributed by atoms with E-state index in [1.165, 1.54) is 6.92 Å². The molecule has 1 rings (SSSR count). The zero-order valence-electron chi connectivity index (χ0n) is 10.5. The number of hydrogen-bond donors (Lipinski definition) is 4. The van der Waals surface area contributed by atoms with Crippen molar-refractivity contribution >= 4 is 16.2 Å². The van der Waals surface area contributed by atoms with Crippen molar-refractivity contribution in [3.8, 4) is 0 Å². The van der Waals surface area contributed by atoms with Gasteiger partial charge in [0.05, 0.1) is 13.2 Å². The molecule has 96 valence electrons. The molecule has 4 N–H and O–H groups in total. The maximum absolute atomic E-state index is 10.5. The SMILES string of the molecule is CC1=CC(=O)NS(=O)(=O)O1.OCC(O)CO.[H-].[K+]. The summed E-state index contributed by atoms with van der Waals surface area (Å²) in [5, 5.41) is 24.0. The Kier molecular flexibility index (Phi) is 11.0. The predicted molar refractivity (Wildman–Crippen MR) is 53.2 cm³/mol. The summed E-state index contributed by atoms with van der Waals surface area (Å²) in [4.78, 5) is 10.4. The van der Waals surface area contributed by atoms with Gasteiger partial charge < -0.3 is 20.9 Å². The molecule has 0 aromatic carbocycles. The van der Waals surface area contributed by atoms with E-state index in [1.807, 2.05) is 0 Å². The Morgan fingerprint density at radius 3 is 2.18 bits per heavy atom. The van der Waals surface area contributed by atoms with Gasteiger partial charge >= 0.3 is 61.7 Å². The quantitative estimate of drug-likeness (QED) is 0.374. The minimum atomic E-state index is -3.85. The summed E-state index contributed by atoms with van der Waals surface area (Å²) in [5.41, 5.74) is 0. The van der Waals surface area contributed by atoms with E-state index in [4.69, 9.17) is 15.3 Å². The first-order valence-electron chi connectivity index (χ1n) is 4.15. The molecule has 0 spiro atoms. The summed E-state index contributed by atoms with van der Waals surface area (Å²) in [6.07, 6.45) is 0.103. The van der Waals surface area contributed by atoms with Crippen LogP contribution in [0.5, 0.6) is 0 Å². The van der Waals surface area contributed by atoms with Gasteiger partial charge in [0.25, 0.3) is 5.91 Å². The second-order valence-electron chi connectivity index (χ2n) is 2.78. The summed E-state index contributed by atoms with van der Waals surface area (Å²) in [5.74, 6) is -0.604. The van der Waals surface area contributed by atoms with Gasteiger partial charge in [0.1, 0.15) is 11.9 Å². The monoisotopic (exact) mass is 295 g/mol. The number of carbonyl (C=O) groups excluding carboxylic acids is 1. The predicted octanol–water partition coefficient (Wildman–Crippen LogP) is -5.27. The van der Waals surface area contributed by atoms with Crippen LogP contribution in [0.4, 0.5) is 0 Å². The molecule has 8 nitrogen and oxygen atoms in total. The van der Waals surface area contributed by atoms with Crippen LogP contribution >= 0.6 is 0 Å². The molecule has 1 aliphatic heterocycles. The maximum atomic E-state index is 10.5. The van der Waals surface area contributed by atoms with Crippen LogP contribution in [0.15, 0.2) is 11.8 Å². The molecule has 1 aliphatic rings. The maximum Gasteiger partial charge on any atom is 1.00 e. The molecule has 1 amide bonds. The molecule has 0 aromatic heterocycles. The van der Waals surface area contributed by atoms with Crippen LogP contribution in [-0.2, 0) is 19.3 Å². The first kappa shape index (κ1) is 19.8. The third-order valence-electron chi connectivity index (χ3n) is 1.22. The number of allylic oxidation sites excluding steroid dienone is 1. The van der Waals surface area contributed by atoms with Crippen molar-refractivity contribution in [2.24, 2.45) is 0 Å². The van der Waals surface area contributed by atoms with Crippen molar-refractivity contribution in [1.29, 1.82) is 0 Å². The summed E-state index contributed by atoms with van der Waals surface area (Å²) >= 11 is 0. The molecule has 17 heavy (non-hydrogen) atoms. The topological polar surface area (TPSA) is 133 Å². The number of aliphatic hydroxyl groups is 3. The second-order valence-corrected chi connectivity index (χ2v) is 4.06. The molecular weight excluding hydrogens is 281 g/mol. The average molecular weight is 295 g/mol. The third-order valence-corrected chi connectivity index (χ3v) is 2.16. The minimum absolute atomic E-state index is 0. The van der Waals surface area contributed by atoms with Crippen molar-refractivity contribution in [3.63, 3.8) is 0 Å². The number of rotatable bonds is 2. The average Bonchev–Trinajstić information content (AvgIpc) is 2.13. The van der Waals surface area contributed by atoms with Crippen LogP contribution < -0.4 is 56.1 Å². The molecule has 0 saturated heterocycles. The molecule has 0 saturated carbocycles. The van der Waals surface area contributed by atoms with Gasteiger partial charge in [-0.1, -0.05) is 0 Å². The fraction of sp³-hybridized carbons (Fsp3) is 0.571. The van der Waals surface area contributed by atoms with Crippen LogP contribution in [0.3, 0.4) is 0 Å². The number of nitrogens with one attached hydrogen (secondary N) is 1.